The molecule has 2 saturated heterocycles. The molecule has 0 N–H and O–H groups in total. The summed E-state index contributed by atoms with van der Waals surface area (Å²) in [7, 11) is 0. The lowest BCUT2D eigenvalue weighted by molar-refractivity contribution is 0.0921. The molecule has 4 heteroatoms. The summed E-state index contributed by atoms with van der Waals surface area (Å²) in [5.74, 6) is 0.557. The maximum Gasteiger partial charge on any atom is 0.167 e. The zero-order valence-corrected chi connectivity index (χ0v) is 13.2. The quantitative estimate of drug-likeness (QED) is 0.869. The Bertz CT molecular complexity index is 610. The highest BCUT2D eigenvalue weighted by Crippen LogP contribution is 2.32. The first-order valence-corrected chi connectivity index (χ1v) is 8.69. The van der Waals surface area contributed by atoms with Crippen LogP contribution >= 0.6 is 0 Å². The molecule has 4 nitrogen and oxygen atoms in total. The highest BCUT2D eigenvalue weighted by molar-refractivity contribution is 5.79. The summed E-state index contributed by atoms with van der Waals surface area (Å²) in [6.07, 6.45) is 6.56. The predicted molar refractivity (Wildman–Crippen MR) is 87.8 cm³/mol. The molecular formula is C18H25N3O. The van der Waals surface area contributed by atoms with Crippen LogP contribution in [0, 0.1) is 0 Å². The lowest BCUT2D eigenvalue weighted by Crippen LogP contribution is -2.43. The lowest BCUT2D eigenvalue weighted by Gasteiger charge is -2.36. The second-order valence-electron chi connectivity index (χ2n) is 6.78. The Balaban J connectivity index is 1.37. The van der Waals surface area contributed by atoms with E-state index < -0.39 is 0 Å². The van der Waals surface area contributed by atoms with Crippen LogP contribution in [0.5, 0.6) is 0 Å². The van der Waals surface area contributed by atoms with E-state index in [1.54, 1.807) is 0 Å². The summed E-state index contributed by atoms with van der Waals surface area (Å²) in [6.45, 7) is 6.10. The van der Waals surface area contributed by atoms with Gasteiger partial charge in [0.15, 0.2) is 5.58 Å². The number of fused-ring (bicyclic) bond motifs is 1. The van der Waals surface area contributed by atoms with E-state index >= 15 is 0 Å². The van der Waals surface area contributed by atoms with E-state index in [1.807, 2.05) is 12.1 Å². The van der Waals surface area contributed by atoms with Crippen LogP contribution in [0.15, 0.2) is 28.8 Å². The Labute approximate surface area is 132 Å². The van der Waals surface area contributed by atoms with Gasteiger partial charge in [0, 0.05) is 24.4 Å². The van der Waals surface area contributed by atoms with E-state index in [-0.39, 0.29) is 0 Å². The van der Waals surface area contributed by atoms with Gasteiger partial charge in [0.2, 0.25) is 0 Å². The van der Waals surface area contributed by atoms with Gasteiger partial charge < -0.3 is 4.52 Å². The van der Waals surface area contributed by atoms with Crippen molar-refractivity contribution in [1.29, 1.82) is 0 Å². The van der Waals surface area contributed by atoms with Gasteiger partial charge in [0.05, 0.1) is 12.4 Å². The standard InChI is InChI=1S/C18H25N3O/c1-4-10-20(11-5-1)14-21-12-8-15(9-13-21)18-16-6-2-3-7-17(16)22-19-18/h2-3,6-7,15H,1,4-5,8-14H2. The lowest BCUT2D eigenvalue weighted by atomic mass is 9.92. The Hall–Kier alpha value is -1.39. The molecule has 0 bridgehead atoms. The number of aromatic nitrogens is 1. The fourth-order valence-corrected chi connectivity index (χ4v) is 3.93. The zero-order valence-electron chi connectivity index (χ0n) is 13.2. The summed E-state index contributed by atoms with van der Waals surface area (Å²) in [5.41, 5.74) is 2.10. The van der Waals surface area contributed by atoms with Crippen molar-refractivity contribution < 1.29 is 4.52 Å². The number of hydrogen-bond donors (Lipinski definition) is 0. The van der Waals surface area contributed by atoms with Crippen molar-refractivity contribution in [2.45, 2.75) is 38.0 Å². The largest absolute Gasteiger partial charge is 0.356 e. The third-order valence-electron chi connectivity index (χ3n) is 5.23. The number of piperidine rings is 2. The van der Waals surface area contributed by atoms with Crippen molar-refractivity contribution in [3.05, 3.63) is 30.0 Å². The normalized spacial score (nSPS) is 22.4. The highest BCUT2D eigenvalue weighted by Gasteiger charge is 2.25. The van der Waals surface area contributed by atoms with Crippen molar-refractivity contribution >= 4 is 11.0 Å². The zero-order chi connectivity index (χ0) is 14.8. The van der Waals surface area contributed by atoms with Gasteiger partial charge in [-0.05, 0) is 50.9 Å². The first-order valence-electron chi connectivity index (χ1n) is 8.69. The molecular weight excluding hydrogens is 274 g/mol. The number of benzene rings is 1. The number of rotatable bonds is 3. The topological polar surface area (TPSA) is 32.5 Å². The third-order valence-corrected chi connectivity index (χ3v) is 5.23. The molecule has 118 valence electrons. The molecule has 0 atom stereocenters. The fourth-order valence-electron chi connectivity index (χ4n) is 3.93. The summed E-state index contributed by atoms with van der Waals surface area (Å²) in [4.78, 5) is 5.24. The van der Waals surface area contributed by atoms with Gasteiger partial charge in [0.25, 0.3) is 0 Å². The first-order chi connectivity index (χ1) is 10.9. The average Bonchev–Trinajstić information content (AvgIpc) is 3.01. The molecule has 2 aromatic rings. The van der Waals surface area contributed by atoms with Crippen molar-refractivity contribution in [3.63, 3.8) is 0 Å². The summed E-state index contributed by atoms with van der Waals surface area (Å²) >= 11 is 0. The van der Waals surface area contributed by atoms with Crippen LogP contribution in [0.3, 0.4) is 0 Å². The van der Waals surface area contributed by atoms with E-state index in [2.05, 4.69) is 27.1 Å². The van der Waals surface area contributed by atoms with Crippen LogP contribution in [-0.4, -0.2) is 47.8 Å². The van der Waals surface area contributed by atoms with Gasteiger partial charge in [-0.15, -0.1) is 0 Å². The highest BCUT2D eigenvalue weighted by atomic mass is 16.5. The third kappa shape index (κ3) is 2.90. The Kier molecular flexibility index (Phi) is 4.13. The summed E-state index contributed by atoms with van der Waals surface area (Å²) in [5, 5.41) is 5.56. The Morgan fingerprint density at radius 1 is 0.955 bits per heavy atom. The molecule has 0 spiro atoms. The van der Waals surface area contributed by atoms with E-state index in [1.165, 1.54) is 69.4 Å². The van der Waals surface area contributed by atoms with E-state index in [0.717, 1.165) is 12.3 Å². The molecule has 3 heterocycles. The molecule has 0 saturated carbocycles. The molecule has 22 heavy (non-hydrogen) atoms. The molecule has 0 radical (unpaired) electrons. The molecule has 2 aliphatic rings. The second-order valence-corrected chi connectivity index (χ2v) is 6.78. The van der Waals surface area contributed by atoms with Crippen LogP contribution in [-0.2, 0) is 0 Å². The predicted octanol–water partition coefficient (Wildman–Crippen LogP) is 3.45. The van der Waals surface area contributed by atoms with E-state index in [4.69, 9.17) is 4.52 Å². The van der Waals surface area contributed by atoms with Gasteiger partial charge in [-0.1, -0.05) is 23.7 Å². The minimum Gasteiger partial charge on any atom is -0.356 e. The van der Waals surface area contributed by atoms with Crippen molar-refractivity contribution in [2.75, 3.05) is 32.8 Å². The van der Waals surface area contributed by atoms with Crippen LogP contribution in [0.2, 0.25) is 0 Å². The Morgan fingerprint density at radius 3 is 2.50 bits per heavy atom. The molecule has 0 unspecified atom stereocenters. The molecule has 0 amide bonds. The smallest absolute Gasteiger partial charge is 0.167 e. The summed E-state index contributed by atoms with van der Waals surface area (Å²) in [6, 6.07) is 8.24. The van der Waals surface area contributed by atoms with Crippen molar-refractivity contribution in [2.24, 2.45) is 0 Å². The van der Waals surface area contributed by atoms with Gasteiger partial charge in [-0.25, -0.2) is 0 Å². The van der Waals surface area contributed by atoms with E-state index in [9.17, 15) is 0 Å². The number of likely N-dealkylation sites (tertiary alicyclic amines) is 2. The SMILES string of the molecule is c1ccc2c(C3CCN(CN4CCCCC4)CC3)noc2c1. The van der Waals surface area contributed by atoms with Crippen molar-refractivity contribution in [3.8, 4) is 0 Å². The van der Waals surface area contributed by atoms with Gasteiger partial charge in [0.1, 0.15) is 0 Å². The Morgan fingerprint density at radius 2 is 1.68 bits per heavy atom. The van der Waals surface area contributed by atoms with Crippen molar-refractivity contribution in [1.82, 2.24) is 15.0 Å². The molecule has 0 aliphatic carbocycles. The number of nitrogens with zero attached hydrogens (tertiary/aromatic N) is 3. The first kappa shape index (κ1) is 14.2. The average molecular weight is 299 g/mol. The van der Waals surface area contributed by atoms with Gasteiger partial charge in [-0.2, -0.15) is 0 Å². The van der Waals surface area contributed by atoms with Gasteiger partial charge >= 0.3 is 0 Å². The molecule has 1 aromatic heterocycles. The minimum absolute atomic E-state index is 0.557. The maximum atomic E-state index is 5.48. The van der Waals surface area contributed by atoms with Crippen LogP contribution in [0.1, 0.15) is 43.7 Å². The minimum atomic E-state index is 0.557. The van der Waals surface area contributed by atoms with Gasteiger partial charge in [-0.3, -0.25) is 9.80 Å². The maximum absolute atomic E-state index is 5.48. The van der Waals surface area contributed by atoms with Crippen LogP contribution < -0.4 is 0 Å². The summed E-state index contributed by atoms with van der Waals surface area (Å²) < 4.78 is 5.48. The van der Waals surface area contributed by atoms with Crippen LogP contribution in [0.25, 0.3) is 11.0 Å². The molecule has 2 aliphatic heterocycles. The fraction of sp³-hybridized carbons (Fsp3) is 0.611. The molecule has 4 rings (SSSR count). The number of para-hydroxylation sites is 1. The van der Waals surface area contributed by atoms with Crippen LogP contribution in [0.4, 0.5) is 0 Å². The second kappa shape index (κ2) is 6.39. The monoisotopic (exact) mass is 299 g/mol. The van der Waals surface area contributed by atoms with E-state index in [0.29, 0.717) is 5.92 Å². The molecule has 1 aromatic carbocycles. The molecule has 2 fully saturated rings. The number of hydrogen-bond acceptors (Lipinski definition) is 4.